The number of Topliss-reactive ketones (excluding diaryl/α,β-unsaturated/α-hetero) is 1. The first-order valence-electron chi connectivity index (χ1n) is 5.48. The predicted molar refractivity (Wildman–Crippen MR) is 65.3 cm³/mol. The van der Waals surface area contributed by atoms with Crippen molar-refractivity contribution in [1.82, 2.24) is 4.57 Å². The Balaban J connectivity index is 2.17. The second-order valence-electron chi connectivity index (χ2n) is 4.15. The molecule has 0 aliphatic heterocycles. The van der Waals surface area contributed by atoms with Gasteiger partial charge in [0.05, 0.1) is 5.02 Å². The number of hydrogen-bond acceptors (Lipinski definition) is 1. The highest BCUT2D eigenvalue weighted by Crippen LogP contribution is 2.22. The Hall–Kier alpha value is -1.82. The van der Waals surface area contributed by atoms with Crippen LogP contribution in [0, 0.1) is 5.82 Å². The lowest BCUT2D eigenvalue weighted by atomic mass is 10.2. The van der Waals surface area contributed by atoms with Crippen LogP contribution in [0.4, 0.5) is 17.6 Å². The van der Waals surface area contributed by atoms with Crippen molar-refractivity contribution in [3.05, 3.63) is 58.6 Å². The minimum Gasteiger partial charge on any atom is -0.349 e. The lowest BCUT2D eigenvalue weighted by Gasteiger charge is -2.05. The van der Waals surface area contributed by atoms with Crippen LogP contribution in [0.15, 0.2) is 36.7 Å². The summed E-state index contributed by atoms with van der Waals surface area (Å²) in [6, 6.07) is 5.17. The van der Waals surface area contributed by atoms with Crippen LogP contribution in [0.5, 0.6) is 0 Å². The highest BCUT2D eigenvalue weighted by atomic mass is 35.5. The molecule has 1 aromatic heterocycles. The third-order valence-corrected chi connectivity index (χ3v) is 2.93. The molecule has 0 amide bonds. The van der Waals surface area contributed by atoms with Gasteiger partial charge in [-0.1, -0.05) is 17.7 Å². The summed E-state index contributed by atoms with van der Waals surface area (Å²) in [5.74, 6) is -2.51. The van der Waals surface area contributed by atoms with Gasteiger partial charge >= 0.3 is 6.18 Å². The Bertz CT molecular complexity index is 648. The fraction of sp³-hybridized carbons (Fsp3) is 0.154. The number of rotatable bonds is 3. The molecule has 1 heterocycles. The van der Waals surface area contributed by atoms with E-state index in [-0.39, 0.29) is 11.6 Å². The highest BCUT2D eigenvalue weighted by molar-refractivity contribution is 6.30. The van der Waals surface area contributed by atoms with E-state index in [1.54, 1.807) is 6.07 Å². The van der Waals surface area contributed by atoms with Crippen molar-refractivity contribution in [2.24, 2.45) is 0 Å². The number of aromatic nitrogens is 1. The fourth-order valence-electron chi connectivity index (χ4n) is 1.69. The van der Waals surface area contributed by atoms with E-state index in [4.69, 9.17) is 11.6 Å². The summed E-state index contributed by atoms with van der Waals surface area (Å²) >= 11 is 5.53. The second kappa shape index (κ2) is 5.28. The predicted octanol–water partition coefficient (Wildman–Crippen LogP) is 4.07. The Morgan fingerprint density at radius 1 is 1.25 bits per heavy atom. The van der Waals surface area contributed by atoms with E-state index >= 15 is 0 Å². The molecule has 20 heavy (non-hydrogen) atoms. The molecule has 106 valence electrons. The van der Waals surface area contributed by atoms with Gasteiger partial charge in [-0.3, -0.25) is 4.79 Å². The van der Waals surface area contributed by atoms with Gasteiger partial charge in [0.15, 0.2) is 0 Å². The molecule has 0 unspecified atom stereocenters. The molecule has 1 aromatic carbocycles. The minimum atomic E-state index is -4.90. The molecule has 0 bridgehead atoms. The van der Waals surface area contributed by atoms with Gasteiger partial charge in [0.1, 0.15) is 5.82 Å². The van der Waals surface area contributed by atoms with E-state index in [1.807, 2.05) is 0 Å². The van der Waals surface area contributed by atoms with Crippen molar-refractivity contribution in [2.75, 3.05) is 0 Å². The normalized spacial score (nSPS) is 11.7. The molecule has 0 aliphatic rings. The fourth-order valence-corrected chi connectivity index (χ4v) is 1.80. The lowest BCUT2D eigenvalue weighted by Crippen LogP contribution is -2.22. The number of benzene rings is 1. The van der Waals surface area contributed by atoms with Crippen LogP contribution in [0.1, 0.15) is 15.9 Å². The maximum absolute atomic E-state index is 13.2. The van der Waals surface area contributed by atoms with Crippen LogP contribution in [0.2, 0.25) is 5.02 Å². The number of ketones is 1. The van der Waals surface area contributed by atoms with Crippen molar-refractivity contribution in [2.45, 2.75) is 12.7 Å². The smallest absolute Gasteiger partial charge is 0.349 e. The van der Waals surface area contributed by atoms with Crippen molar-refractivity contribution in [3.8, 4) is 0 Å². The highest BCUT2D eigenvalue weighted by Gasteiger charge is 2.39. The van der Waals surface area contributed by atoms with Crippen LogP contribution >= 0.6 is 11.6 Å². The number of alkyl halides is 3. The van der Waals surface area contributed by atoms with Crippen molar-refractivity contribution >= 4 is 17.4 Å². The molecule has 0 N–H and O–H groups in total. The Labute approximate surface area is 116 Å². The van der Waals surface area contributed by atoms with Gasteiger partial charge in [-0.25, -0.2) is 4.39 Å². The summed E-state index contributed by atoms with van der Waals surface area (Å²) in [7, 11) is 0. The maximum Gasteiger partial charge on any atom is 0.454 e. The van der Waals surface area contributed by atoms with Gasteiger partial charge in [-0.2, -0.15) is 13.2 Å². The van der Waals surface area contributed by atoms with E-state index in [9.17, 15) is 22.4 Å². The molecule has 2 rings (SSSR count). The van der Waals surface area contributed by atoms with E-state index in [0.29, 0.717) is 5.56 Å². The van der Waals surface area contributed by atoms with Gasteiger partial charge in [0.25, 0.3) is 5.78 Å². The van der Waals surface area contributed by atoms with Crippen LogP contribution in [-0.4, -0.2) is 16.5 Å². The van der Waals surface area contributed by atoms with Crippen molar-refractivity contribution in [3.63, 3.8) is 0 Å². The maximum atomic E-state index is 13.2. The van der Waals surface area contributed by atoms with Crippen LogP contribution in [0.3, 0.4) is 0 Å². The number of hydrogen-bond donors (Lipinski definition) is 0. The Kier molecular flexibility index (Phi) is 3.85. The van der Waals surface area contributed by atoms with Crippen LogP contribution in [0.25, 0.3) is 0 Å². The van der Waals surface area contributed by atoms with Gasteiger partial charge in [0.2, 0.25) is 0 Å². The quantitative estimate of drug-likeness (QED) is 0.619. The number of nitrogens with zero attached hydrogens (tertiary/aromatic N) is 1. The summed E-state index contributed by atoms with van der Waals surface area (Å²) in [5, 5.41) is -0.0332. The molecule has 0 fully saturated rings. The average molecular weight is 306 g/mol. The van der Waals surface area contributed by atoms with Gasteiger partial charge in [0, 0.05) is 24.5 Å². The first-order chi connectivity index (χ1) is 9.27. The molecule has 0 atom stereocenters. The summed E-state index contributed by atoms with van der Waals surface area (Å²) in [6.07, 6.45) is -2.51. The molecular weight excluding hydrogens is 298 g/mol. The van der Waals surface area contributed by atoms with E-state index in [2.05, 4.69) is 0 Å². The molecule has 2 aromatic rings. The summed E-state index contributed by atoms with van der Waals surface area (Å²) < 4.78 is 51.3. The van der Waals surface area contributed by atoms with Crippen molar-refractivity contribution in [1.29, 1.82) is 0 Å². The molecular formula is C13H8ClF4NO. The SMILES string of the molecule is O=C(c1ccn(Cc2ccc(Cl)c(F)c2)c1)C(F)(F)F. The summed E-state index contributed by atoms with van der Waals surface area (Å²) in [4.78, 5) is 11.0. The van der Waals surface area contributed by atoms with Gasteiger partial charge in [-0.05, 0) is 23.8 Å². The summed E-state index contributed by atoms with van der Waals surface area (Å²) in [6.45, 7) is 0.138. The molecule has 0 spiro atoms. The van der Waals surface area contributed by atoms with E-state index in [1.165, 1.54) is 22.9 Å². The standard InChI is InChI=1S/C13H8ClF4NO/c14-10-2-1-8(5-11(10)15)6-19-4-3-9(7-19)12(20)13(16,17)18/h1-5,7H,6H2. The molecule has 2 nitrogen and oxygen atoms in total. The molecule has 0 saturated heterocycles. The van der Waals surface area contributed by atoms with Gasteiger partial charge < -0.3 is 4.57 Å². The monoisotopic (exact) mass is 305 g/mol. The minimum absolute atomic E-state index is 0.0332. The third-order valence-electron chi connectivity index (χ3n) is 2.62. The van der Waals surface area contributed by atoms with E-state index < -0.39 is 23.3 Å². The zero-order valence-corrected chi connectivity index (χ0v) is 10.7. The summed E-state index contributed by atoms with van der Waals surface area (Å²) in [5.41, 5.74) is 0.0699. The lowest BCUT2D eigenvalue weighted by molar-refractivity contribution is -0.0885. The van der Waals surface area contributed by atoms with Crippen LogP contribution < -0.4 is 0 Å². The zero-order valence-electron chi connectivity index (χ0n) is 9.92. The van der Waals surface area contributed by atoms with E-state index in [0.717, 1.165) is 12.3 Å². The van der Waals surface area contributed by atoms with Crippen LogP contribution in [-0.2, 0) is 6.54 Å². The number of carbonyl (C=O) groups is 1. The first-order valence-corrected chi connectivity index (χ1v) is 5.86. The largest absolute Gasteiger partial charge is 0.454 e. The van der Waals surface area contributed by atoms with Gasteiger partial charge in [-0.15, -0.1) is 0 Å². The topological polar surface area (TPSA) is 22.0 Å². The Morgan fingerprint density at radius 3 is 2.55 bits per heavy atom. The molecule has 7 heteroatoms. The Morgan fingerprint density at radius 2 is 1.95 bits per heavy atom. The first kappa shape index (κ1) is 14.6. The average Bonchev–Trinajstić information content (AvgIpc) is 2.80. The second-order valence-corrected chi connectivity index (χ2v) is 4.56. The van der Waals surface area contributed by atoms with Crippen molar-refractivity contribution < 1.29 is 22.4 Å². The third kappa shape index (κ3) is 3.19. The molecule has 0 aliphatic carbocycles. The molecule has 0 saturated carbocycles. The number of carbonyl (C=O) groups excluding carboxylic acids is 1. The molecule has 0 radical (unpaired) electrons. The zero-order chi connectivity index (χ0) is 14.9. The number of halogens is 5.